The number of carbonyl (C=O) groups excluding carboxylic acids is 3. The van der Waals surface area contributed by atoms with Gasteiger partial charge in [0.1, 0.15) is 17.2 Å². The second-order valence-electron chi connectivity index (χ2n) is 8.38. The highest BCUT2D eigenvalue weighted by molar-refractivity contribution is 5.92. The van der Waals surface area contributed by atoms with Crippen molar-refractivity contribution in [2.24, 2.45) is 0 Å². The fourth-order valence-electron chi connectivity index (χ4n) is 3.30. The number of esters is 3. The molecule has 0 amide bonds. The molecule has 0 unspecified atom stereocenters. The predicted molar refractivity (Wildman–Crippen MR) is 139 cm³/mol. The van der Waals surface area contributed by atoms with Gasteiger partial charge in [-0.25, -0.2) is 14.4 Å². The molecule has 3 aromatic rings. The molecule has 0 aromatic heterocycles. The molecule has 0 N–H and O–H groups in total. The molecule has 0 heterocycles. The molecule has 0 fully saturated rings. The maximum atomic E-state index is 12.6. The molecular formula is C30H30O7. The molecule has 192 valence electrons. The Bertz CT molecular complexity index is 1230. The lowest BCUT2D eigenvalue weighted by Crippen LogP contribution is -2.10. The summed E-state index contributed by atoms with van der Waals surface area (Å²) in [6.07, 6.45) is 3.57. The second-order valence-corrected chi connectivity index (χ2v) is 8.38. The van der Waals surface area contributed by atoms with Gasteiger partial charge in [-0.15, -0.1) is 0 Å². The number of benzene rings is 3. The minimum absolute atomic E-state index is 0.363. The van der Waals surface area contributed by atoms with Gasteiger partial charge in [-0.05, 0) is 93.3 Å². The Hall–Kier alpha value is -4.39. The number of hydrogen-bond donors (Lipinski definition) is 0. The van der Waals surface area contributed by atoms with Crippen LogP contribution in [0.15, 0.2) is 79.4 Å². The van der Waals surface area contributed by atoms with Crippen molar-refractivity contribution < 1.29 is 33.3 Å². The lowest BCUT2D eigenvalue weighted by atomic mass is 10.1. The Balaban J connectivity index is 1.45. The number of carbonyl (C=O) groups is 3. The van der Waals surface area contributed by atoms with E-state index >= 15 is 0 Å². The van der Waals surface area contributed by atoms with Gasteiger partial charge >= 0.3 is 17.9 Å². The molecule has 3 aromatic carbocycles. The fraction of sp³-hybridized carbons (Fsp3) is 0.233. The number of aryl methyl sites for hydroxylation is 2. The van der Waals surface area contributed by atoms with E-state index < -0.39 is 17.9 Å². The molecule has 0 spiro atoms. The molecule has 0 saturated carbocycles. The van der Waals surface area contributed by atoms with E-state index in [1.165, 1.54) is 0 Å². The zero-order chi connectivity index (χ0) is 26.6. The van der Waals surface area contributed by atoms with Gasteiger partial charge in [0.05, 0.1) is 24.3 Å². The van der Waals surface area contributed by atoms with E-state index in [2.05, 4.69) is 6.58 Å². The molecule has 0 radical (unpaired) electrons. The van der Waals surface area contributed by atoms with Gasteiger partial charge in [-0.1, -0.05) is 24.3 Å². The van der Waals surface area contributed by atoms with E-state index in [0.717, 1.165) is 30.9 Å². The Kier molecular flexibility index (Phi) is 10.0. The van der Waals surface area contributed by atoms with Gasteiger partial charge in [-0.2, -0.15) is 0 Å². The van der Waals surface area contributed by atoms with E-state index in [4.69, 9.17) is 18.9 Å². The number of ether oxygens (including phenoxy) is 4. The van der Waals surface area contributed by atoms with E-state index in [9.17, 15) is 14.4 Å². The van der Waals surface area contributed by atoms with Crippen LogP contribution in [0.5, 0.6) is 17.2 Å². The summed E-state index contributed by atoms with van der Waals surface area (Å²) >= 11 is 0. The number of unbranched alkanes of at least 4 members (excludes halogenated alkanes) is 2. The van der Waals surface area contributed by atoms with Crippen LogP contribution in [0, 0.1) is 13.8 Å². The lowest BCUT2D eigenvalue weighted by molar-refractivity contribution is -0.137. The Morgan fingerprint density at radius 2 is 1.32 bits per heavy atom. The van der Waals surface area contributed by atoms with E-state index in [0.29, 0.717) is 47.2 Å². The first-order valence-electron chi connectivity index (χ1n) is 12.0. The SMILES string of the molecule is C=CC(=O)OCCCCCOc1ccc(C(=O)Oc2ccc(OC(=O)c3ccc(C)cc3)cc2C)cc1. The van der Waals surface area contributed by atoms with Crippen LogP contribution >= 0.6 is 0 Å². The summed E-state index contributed by atoms with van der Waals surface area (Å²) < 4.78 is 21.6. The van der Waals surface area contributed by atoms with Crippen molar-refractivity contribution in [1.29, 1.82) is 0 Å². The molecule has 0 aliphatic rings. The van der Waals surface area contributed by atoms with Crippen molar-refractivity contribution in [2.45, 2.75) is 33.1 Å². The molecule has 3 rings (SSSR count). The number of rotatable bonds is 12. The third-order valence-corrected chi connectivity index (χ3v) is 5.41. The first kappa shape index (κ1) is 27.2. The molecular weight excluding hydrogens is 472 g/mol. The van der Waals surface area contributed by atoms with Gasteiger partial charge in [0.25, 0.3) is 0 Å². The van der Waals surface area contributed by atoms with Gasteiger partial charge in [0.15, 0.2) is 0 Å². The molecule has 37 heavy (non-hydrogen) atoms. The van der Waals surface area contributed by atoms with Gasteiger partial charge in [-0.3, -0.25) is 0 Å². The molecule has 0 aliphatic carbocycles. The highest BCUT2D eigenvalue weighted by atomic mass is 16.5. The lowest BCUT2D eigenvalue weighted by Gasteiger charge is -2.11. The summed E-state index contributed by atoms with van der Waals surface area (Å²) in [5, 5.41) is 0. The van der Waals surface area contributed by atoms with Crippen molar-refractivity contribution in [3.8, 4) is 17.2 Å². The average Bonchev–Trinajstić information content (AvgIpc) is 2.90. The maximum absolute atomic E-state index is 12.6. The topological polar surface area (TPSA) is 88.1 Å². The van der Waals surface area contributed by atoms with Crippen LogP contribution in [0.3, 0.4) is 0 Å². The normalized spacial score (nSPS) is 10.3. The standard InChI is InChI=1S/C30H30O7/c1-4-28(31)35-19-7-5-6-18-34-25-14-12-24(13-15-25)30(33)37-27-17-16-26(20-22(27)3)36-29(32)23-10-8-21(2)9-11-23/h4,8-17,20H,1,5-7,18-19H2,2-3H3. The molecule has 0 bridgehead atoms. The summed E-state index contributed by atoms with van der Waals surface area (Å²) in [7, 11) is 0. The molecule has 0 aliphatic heterocycles. The quantitative estimate of drug-likeness (QED) is 0.129. The minimum Gasteiger partial charge on any atom is -0.494 e. The summed E-state index contributed by atoms with van der Waals surface area (Å²) in [6, 6.07) is 18.6. The third-order valence-electron chi connectivity index (χ3n) is 5.41. The van der Waals surface area contributed by atoms with Crippen LogP contribution in [0.2, 0.25) is 0 Å². The van der Waals surface area contributed by atoms with Gasteiger partial charge in [0.2, 0.25) is 0 Å². The van der Waals surface area contributed by atoms with Crippen molar-refractivity contribution in [1.82, 2.24) is 0 Å². The minimum atomic E-state index is -0.506. The molecule has 7 heteroatoms. The monoisotopic (exact) mass is 502 g/mol. The second kappa shape index (κ2) is 13.6. The van der Waals surface area contributed by atoms with Crippen LogP contribution in [0.25, 0.3) is 0 Å². The largest absolute Gasteiger partial charge is 0.494 e. The summed E-state index contributed by atoms with van der Waals surface area (Å²) in [6.45, 7) is 7.94. The van der Waals surface area contributed by atoms with Gasteiger partial charge < -0.3 is 18.9 Å². The Labute approximate surface area is 216 Å². The molecule has 0 atom stereocenters. The zero-order valence-corrected chi connectivity index (χ0v) is 21.0. The first-order chi connectivity index (χ1) is 17.9. The smallest absolute Gasteiger partial charge is 0.343 e. The Morgan fingerprint density at radius 1 is 0.730 bits per heavy atom. The first-order valence-corrected chi connectivity index (χ1v) is 12.0. The van der Waals surface area contributed by atoms with Crippen LogP contribution in [0.4, 0.5) is 0 Å². The average molecular weight is 503 g/mol. The van der Waals surface area contributed by atoms with Crippen molar-refractivity contribution >= 4 is 17.9 Å². The predicted octanol–water partition coefficient (Wildman–Crippen LogP) is 6.02. The van der Waals surface area contributed by atoms with Gasteiger partial charge in [0, 0.05) is 6.08 Å². The highest BCUT2D eigenvalue weighted by Gasteiger charge is 2.13. The third kappa shape index (κ3) is 8.65. The summed E-state index contributed by atoms with van der Waals surface area (Å²) in [5.41, 5.74) is 2.54. The van der Waals surface area contributed by atoms with E-state index in [1.807, 2.05) is 19.1 Å². The van der Waals surface area contributed by atoms with Crippen LogP contribution in [-0.4, -0.2) is 31.1 Å². The fourth-order valence-corrected chi connectivity index (χ4v) is 3.30. The summed E-state index contributed by atoms with van der Waals surface area (Å²) in [5.74, 6) is 0.00183. The highest BCUT2D eigenvalue weighted by Crippen LogP contribution is 2.25. The Morgan fingerprint density at radius 3 is 1.97 bits per heavy atom. The van der Waals surface area contributed by atoms with Crippen molar-refractivity contribution in [3.63, 3.8) is 0 Å². The van der Waals surface area contributed by atoms with Crippen LogP contribution < -0.4 is 14.2 Å². The summed E-state index contributed by atoms with van der Waals surface area (Å²) in [4.78, 5) is 35.9. The van der Waals surface area contributed by atoms with E-state index in [1.54, 1.807) is 61.5 Å². The number of hydrogen-bond acceptors (Lipinski definition) is 7. The van der Waals surface area contributed by atoms with Crippen molar-refractivity contribution in [2.75, 3.05) is 13.2 Å². The maximum Gasteiger partial charge on any atom is 0.343 e. The zero-order valence-electron chi connectivity index (χ0n) is 21.0. The molecule has 7 nitrogen and oxygen atoms in total. The van der Waals surface area contributed by atoms with Crippen LogP contribution in [0.1, 0.15) is 51.1 Å². The van der Waals surface area contributed by atoms with Crippen molar-refractivity contribution in [3.05, 3.63) is 102 Å². The molecule has 0 saturated heterocycles. The van der Waals surface area contributed by atoms with E-state index in [-0.39, 0.29) is 0 Å². The van der Waals surface area contributed by atoms with Crippen LogP contribution in [-0.2, 0) is 9.53 Å².